The van der Waals surface area contributed by atoms with E-state index < -0.39 is 32.4 Å². The third-order valence-electron chi connectivity index (χ3n) is 2.52. The zero-order chi connectivity index (χ0) is 16.0. The molecule has 1 aromatic carbocycles. The van der Waals surface area contributed by atoms with Crippen LogP contribution in [0.2, 0.25) is 0 Å². The van der Waals surface area contributed by atoms with Crippen LogP contribution in [0.15, 0.2) is 29.2 Å². The number of alkyl halides is 2. The molecule has 0 aliphatic carbocycles. The highest BCUT2D eigenvalue weighted by Crippen LogP contribution is 2.18. The van der Waals surface area contributed by atoms with Crippen LogP contribution in [0.4, 0.5) is 8.78 Å². The molecule has 1 rings (SSSR count). The van der Waals surface area contributed by atoms with Crippen molar-refractivity contribution >= 4 is 21.7 Å². The number of halogens is 2. The first kappa shape index (κ1) is 17.0. The maximum atomic E-state index is 12.3. The first-order chi connectivity index (χ1) is 9.78. The van der Waals surface area contributed by atoms with E-state index in [9.17, 15) is 26.8 Å². The summed E-state index contributed by atoms with van der Waals surface area (Å²) >= 11 is 0. The molecule has 0 fully saturated rings. The molecule has 0 spiro atoms. The molecule has 0 bridgehead atoms. The summed E-state index contributed by atoms with van der Waals surface area (Å²) in [4.78, 5) is 21.9. The molecule has 0 saturated heterocycles. The van der Waals surface area contributed by atoms with E-state index in [1.165, 1.54) is 7.11 Å². The first-order valence-electron chi connectivity index (χ1n) is 5.76. The van der Waals surface area contributed by atoms with Crippen LogP contribution in [0, 0.1) is 0 Å². The highest BCUT2D eigenvalue weighted by Gasteiger charge is 2.26. The summed E-state index contributed by atoms with van der Waals surface area (Å²) in [6, 6.07) is 4.08. The molecule has 1 N–H and O–H groups in total. The number of carbonyl (C=O) groups excluding carboxylic acids is 2. The average Bonchev–Trinajstić information content (AvgIpc) is 2.46. The van der Waals surface area contributed by atoms with Crippen molar-refractivity contribution in [2.24, 2.45) is 0 Å². The van der Waals surface area contributed by atoms with E-state index in [1.807, 2.05) is 0 Å². The van der Waals surface area contributed by atoms with Gasteiger partial charge in [-0.2, -0.15) is 8.78 Å². The SMILES string of the molecule is COC(=O)CCNC(=O)c1ccc(S(=O)(=O)C(F)F)cc1. The van der Waals surface area contributed by atoms with Crippen LogP contribution in [0.1, 0.15) is 16.8 Å². The van der Waals surface area contributed by atoms with Gasteiger partial charge in [0.15, 0.2) is 0 Å². The average molecular weight is 321 g/mol. The Kier molecular flexibility index (Phi) is 5.77. The van der Waals surface area contributed by atoms with Gasteiger partial charge in [-0.15, -0.1) is 0 Å². The lowest BCUT2D eigenvalue weighted by Gasteiger charge is -2.06. The predicted molar refractivity (Wildman–Crippen MR) is 68.6 cm³/mol. The van der Waals surface area contributed by atoms with Crippen LogP contribution in [0.3, 0.4) is 0 Å². The number of methoxy groups -OCH3 is 1. The van der Waals surface area contributed by atoms with Crippen LogP contribution in [-0.2, 0) is 19.4 Å². The van der Waals surface area contributed by atoms with Gasteiger partial charge in [0.25, 0.3) is 5.91 Å². The van der Waals surface area contributed by atoms with Crippen molar-refractivity contribution in [1.82, 2.24) is 5.32 Å². The summed E-state index contributed by atoms with van der Waals surface area (Å²) in [5.74, 6) is -4.56. The predicted octanol–water partition coefficient (Wildman–Crippen LogP) is 0.976. The molecule has 1 aromatic rings. The van der Waals surface area contributed by atoms with Crippen molar-refractivity contribution < 1.29 is 31.5 Å². The third-order valence-corrected chi connectivity index (χ3v) is 3.92. The molecule has 0 aliphatic rings. The molecule has 0 unspecified atom stereocenters. The number of nitrogens with one attached hydrogen (secondary N) is 1. The summed E-state index contributed by atoms with van der Waals surface area (Å²) in [6.45, 7) is 0.0442. The van der Waals surface area contributed by atoms with E-state index in [2.05, 4.69) is 10.1 Å². The van der Waals surface area contributed by atoms with Crippen molar-refractivity contribution in [1.29, 1.82) is 0 Å². The van der Waals surface area contributed by atoms with Gasteiger partial charge < -0.3 is 10.1 Å². The molecule has 0 saturated carbocycles. The Morgan fingerprint density at radius 2 is 1.81 bits per heavy atom. The quantitative estimate of drug-likeness (QED) is 0.789. The van der Waals surface area contributed by atoms with Crippen LogP contribution in [0.5, 0.6) is 0 Å². The Morgan fingerprint density at radius 1 is 1.24 bits per heavy atom. The van der Waals surface area contributed by atoms with Crippen molar-refractivity contribution in [3.05, 3.63) is 29.8 Å². The lowest BCUT2D eigenvalue weighted by Crippen LogP contribution is -2.26. The number of amides is 1. The molecule has 0 radical (unpaired) electrons. The minimum absolute atomic E-state index is 0.0138. The largest absolute Gasteiger partial charge is 0.469 e. The summed E-state index contributed by atoms with van der Waals surface area (Å²) in [7, 11) is -3.46. The molecule has 0 aliphatic heterocycles. The van der Waals surface area contributed by atoms with E-state index >= 15 is 0 Å². The standard InChI is InChI=1S/C12H13F2NO5S/c1-20-10(16)6-7-15-11(17)8-2-4-9(5-3-8)21(18,19)12(13)14/h2-5,12H,6-7H2,1H3,(H,15,17). The van der Waals surface area contributed by atoms with Gasteiger partial charge in [0.05, 0.1) is 18.4 Å². The van der Waals surface area contributed by atoms with Crippen LogP contribution >= 0.6 is 0 Å². The summed E-state index contributed by atoms with van der Waals surface area (Å²) < 4.78 is 51.4. The zero-order valence-corrected chi connectivity index (χ0v) is 11.8. The molecule has 9 heteroatoms. The maximum absolute atomic E-state index is 12.3. The van der Waals surface area contributed by atoms with Gasteiger partial charge in [-0.3, -0.25) is 9.59 Å². The van der Waals surface area contributed by atoms with Gasteiger partial charge in [0, 0.05) is 12.1 Å². The fourth-order valence-corrected chi connectivity index (χ4v) is 2.10. The second-order valence-corrected chi connectivity index (χ2v) is 5.83. The molecule has 6 nitrogen and oxygen atoms in total. The molecule has 0 heterocycles. The van der Waals surface area contributed by atoms with Gasteiger partial charge in [-0.25, -0.2) is 8.42 Å². The third kappa shape index (κ3) is 4.48. The van der Waals surface area contributed by atoms with Gasteiger partial charge in [-0.05, 0) is 24.3 Å². The minimum Gasteiger partial charge on any atom is -0.469 e. The van der Waals surface area contributed by atoms with E-state index in [0.717, 1.165) is 24.3 Å². The van der Waals surface area contributed by atoms with Gasteiger partial charge in [-0.1, -0.05) is 0 Å². The Bertz CT molecular complexity index is 613. The van der Waals surface area contributed by atoms with Gasteiger partial charge in [0.1, 0.15) is 0 Å². The smallest absolute Gasteiger partial charge is 0.341 e. The molecular weight excluding hydrogens is 308 g/mol. The lowest BCUT2D eigenvalue weighted by atomic mass is 10.2. The number of hydrogen-bond donors (Lipinski definition) is 1. The van der Waals surface area contributed by atoms with E-state index in [1.54, 1.807) is 0 Å². The van der Waals surface area contributed by atoms with Crippen LogP contribution in [0.25, 0.3) is 0 Å². The zero-order valence-electron chi connectivity index (χ0n) is 11.0. The highest BCUT2D eigenvalue weighted by atomic mass is 32.2. The Morgan fingerprint density at radius 3 is 2.29 bits per heavy atom. The maximum Gasteiger partial charge on any atom is 0.341 e. The minimum atomic E-state index is -4.68. The molecule has 0 aromatic heterocycles. The number of rotatable bonds is 6. The molecular formula is C12H13F2NO5S. The van der Waals surface area contributed by atoms with E-state index in [0.29, 0.717) is 0 Å². The van der Waals surface area contributed by atoms with Crippen molar-refractivity contribution in [3.8, 4) is 0 Å². The van der Waals surface area contributed by atoms with Crippen LogP contribution < -0.4 is 5.32 Å². The Labute approximate surface area is 120 Å². The number of sulfone groups is 1. The van der Waals surface area contributed by atoms with E-state index in [-0.39, 0.29) is 18.5 Å². The topological polar surface area (TPSA) is 89.5 Å². The fourth-order valence-electron chi connectivity index (χ4n) is 1.38. The number of esters is 1. The Hall–Kier alpha value is -2.03. The summed E-state index contributed by atoms with van der Waals surface area (Å²) in [5, 5.41) is 2.41. The normalized spacial score (nSPS) is 11.2. The highest BCUT2D eigenvalue weighted by molar-refractivity contribution is 7.91. The second-order valence-electron chi connectivity index (χ2n) is 3.91. The fraction of sp³-hybridized carbons (Fsp3) is 0.333. The van der Waals surface area contributed by atoms with E-state index in [4.69, 9.17) is 0 Å². The Balaban J connectivity index is 2.70. The van der Waals surface area contributed by atoms with Crippen LogP contribution in [-0.4, -0.2) is 39.7 Å². The lowest BCUT2D eigenvalue weighted by molar-refractivity contribution is -0.140. The molecule has 1 amide bonds. The first-order valence-corrected chi connectivity index (χ1v) is 7.31. The number of hydrogen-bond acceptors (Lipinski definition) is 5. The summed E-state index contributed by atoms with van der Waals surface area (Å²) in [6.07, 6.45) is -0.0138. The molecule has 21 heavy (non-hydrogen) atoms. The molecule has 0 atom stereocenters. The monoisotopic (exact) mass is 321 g/mol. The number of ether oxygens (including phenoxy) is 1. The number of benzene rings is 1. The van der Waals surface area contributed by atoms with Gasteiger partial charge >= 0.3 is 11.7 Å². The van der Waals surface area contributed by atoms with Crippen molar-refractivity contribution in [2.75, 3.05) is 13.7 Å². The van der Waals surface area contributed by atoms with Gasteiger partial charge in [0.2, 0.25) is 9.84 Å². The van der Waals surface area contributed by atoms with Crippen molar-refractivity contribution in [3.63, 3.8) is 0 Å². The number of carbonyl (C=O) groups is 2. The second kappa shape index (κ2) is 7.11. The van der Waals surface area contributed by atoms with Crippen molar-refractivity contribution in [2.45, 2.75) is 17.1 Å². The summed E-state index contributed by atoms with van der Waals surface area (Å²) in [5.41, 5.74) is 0.0908. The molecule has 116 valence electrons.